The molecule has 7 heteroatoms. The minimum absolute atomic E-state index is 0.102. The number of benzene rings is 3. The van der Waals surface area contributed by atoms with Gasteiger partial charge in [-0.25, -0.2) is 4.98 Å². The second-order valence-electron chi connectivity index (χ2n) is 7.84. The molecular formula is C27H25N3O3S. The maximum Gasteiger partial charge on any atom is 0.305 e. The lowest BCUT2D eigenvalue weighted by Crippen LogP contribution is -2.26. The average molecular weight is 472 g/mol. The van der Waals surface area contributed by atoms with Crippen LogP contribution in [0.3, 0.4) is 0 Å². The first-order chi connectivity index (χ1) is 16.5. The molecule has 0 spiro atoms. The van der Waals surface area contributed by atoms with Gasteiger partial charge in [-0.2, -0.15) is 0 Å². The summed E-state index contributed by atoms with van der Waals surface area (Å²) in [5, 5.41) is 16.7. The molecule has 6 nitrogen and oxygen atoms in total. The van der Waals surface area contributed by atoms with E-state index in [0.717, 1.165) is 22.0 Å². The zero-order chi connectivity index (χ0) is 23.9. The summed E-state index contributed by atoms with van der Waals surface area (Å²) in [5.74, 6) is -1.22. The van der Waals surface area contributed by atoms with Gasteiger partial charge in [-0.3, -0.25) is 9.59 Å². The fraction of sp³-hybridized carbons (Fsp3) is 0.148. The van der Waals surface area contributed by atoms with Crippen LogP contribution in [0, 0.1) is 0 Å². The number of carboxylic acid groups (broad SMARTS) is 1. The molecule has 0 bridgehead atoms. The highest BCUT2D eigenvalue weighted by molar-refractivity contribution is 7.14. The van der Waals surface area contributed by atoms with Gasteiger partial charge in [-0.05, 0) is 34.5 Å². The van der Waals surface area contributed by atoms with E-state index in [9.17, 15) is 9.59 Å². The van der Waals surface area contributed by atoms with Crippen molar-refractivity contribution in [3.63, 3.8) is 0 Å². The Balaban J connectivity index is 1.46. The molecular weight excluding hydrogens is 446 g/mol. The molecule has 34 heavy (non-hydrogen) atoms. The van der Waals surface area contributed by atoms with Gasteiger partial charge in [0.25, 0.3) is 5.91 Å². The third-order valence-electron chi connectivity index (χ3n) is 5.37. The van der Waals surface area contributed by atoms with E-state index < -0.39 is 5.97 Å². The number of anilines is 1. The van der Waals surface area contributed by atoms with Crippen molar-refractivity contribution in [2.75, 3.05) is 18.0 Å². The second kappa shape index (κ2) is 10.8. The molecule has 0 aliphatic carbocycles. The monoisotopic (exact) mass is 471 g/mol. The van der Waals surface area contributed by atoms with Crippen LogP contribution < -0.4 is 10.2 Å². The Kier molecular flexibility index (Phi) is 7.34. The van der Waals surface area contributed by atoms with Crippen LogP contribution in [0.5, 0.6) is 0 Å². The lowest BCUT2D eigenvalue weighted by atomic mass is 10.1. The van der Waals surface area contributed by atoms with E-state index >= 15 is 0 Å². The number of fused-ring (bicyclic) bond motifs is 1. The van der Waals surface area contributed by atoms with Gasteiger partial charge in [0.15, 0.2) is 5.13 Å². The van der Waals surface area contributed by atoms with Crippen LogP contribution in [0.25, 0.3) is 22.0 Å². The van der Waals surface area contributed by atoms with Crippen molar-refractivity contribution in [3.05, 3.63) is 95.9 Å². The molecule has 4 rings (SSSR count). The van der Waals surface area contributed by atoms with Crippen molar-refractivity contribution in [3.8, 4) is 11.3 Å². The standard InChI is InChI=1S/C27H25N3O3S/c1-2-15-30(17-19-7-9-21(10-8-19)26(33)28-14-13-25(31)32)27-29-24(18-34-27)23-12-11-20-5-3-4-6-22(20)16-23/h2-12,16,18H,1,13-15,17H2,(H,28,33)(H,31,32). The molecule has 2 N–H and O–H groups in total. The molecule has 1 heterocycles. The fourth-order valence-electron chi connectivity index (χ4n) is 3.62. The third kappa shape index (κ3) is 5.68. The van der Waals surface area contributed by atoms with Crippen LogP contribution in [-0.4, -0.2) is 35.1 Å². The van der Waals surface area contributed by atoms with E-state index in [4.69, 9.17) is 10.1 Å². The molecule has 0 atom stereocenters. The van der Waals surface area contributed by atoms with E-state index in [1.165, 1.54) is 10.8 Å². The predicted molar refractivity (Wildman–Crippen MR) is 137 cm³/mol. The van der Waals surface area contributed by atoms with Gasteiger partial charge in [0.05, 0.1) is 12.1 Å². The molecule has 0 unspecified atom stereocenters. The Morgan fingerprint density at radius 2 is 1.82 bits per heavy atom. The second-order valence-corrected chi connectivity index (χ2v) is 8.68. The first kappa shape index (κ1) is 23.2. The quantitative estimate of drug-likeness (QED) is 0.304. The van der Waals surface area contributed by atoms with E-state index in [0.29, 0.717) is 18.7 Å². The molecule has 3 aromatic carbocycles. The van der Waals surface area contributed by atoms with Crippen molar-refractivity contribution < 1.29 is 14.7 Å². The number of hydrogen-bond donors (Lipinski definition) is 2. The summed E-state index contributed by atoms with van der Waals surface area (Å²) in [4.78, 5) is 29.8. The number of carbonyl (C=O) groups is 2. The molecule has 0 fully saturated rings. The number of hydrogen-bond acceptors (Lipinski definition) is 5. The lowest BCUT2D eigenvalue weighted by molar-refractivity contribution is -0.136. The SMILES string of the molecule is C=CCN(Cc1ccc(C(=O)NCCC(=O)O)cc1)c1nc(-c2ccc3ccccc3c2)cs1. The molecule has 4 aromatic rings. The van der Waals surface area contributed by atoms with Gasteiger partial charge in [-0.15, -0.1) is 17.9 Å². The molecule has 0 saturated heterocycles. The average Bonchev–Trinajstić information content (AvgIpc) is 3.34. The van der Waals surface area contributed by atoms with Crippen LogP contribution in [0.2, 0.25) is 0 Å². The summed E-state index contributed by atoms with van der Waals surface area (Å²) < 4.78 is 0. The van der Waals surface area contributed by atoms with Gasteiger partial charge in [0.1, 0.15) is 0 Å². The van der Waals surface area contributed by atoms with Gasteiger partial charge < -0.3 is 15.3 Å². The molecule has 0 saturated carbocycles. The number of carbonyl (C=O) groups excluding carboxylic acids is 1. The van der Waals surface area contributed by atoms with Gasteiger partial charge in [0.2, 0.25) is 0 Å². The van der Waals surface area contributed by atoms with E-state index in [2.05, 4.69) is 52.5 Å². The van der Waals surface area contributed by atoms with Crippen LogP contribution >= 0.6 is 11.3 Å². The third-order valence-corrected chi connectivity index (χ3v) is 6.27. The predicted octanol–water partition coefficient (Wildman–Crippen LogP) is 5.36. The maximum absolute atomic E-state index is 12.2. The van der Waals surface area contributed by atoms with Crippen molar-refractivity contribution in [1.82, 2.24) is 10.3 Å². The van der Waals surface area contributed by atoms with Gasteiger partial charge >= 0.3 is 5.97 Å². The zero-order valence-corrected chi connectivity index (χ0v) is 19.4. The Morgan fingerprint density at radius 3 is 2.56 bits per heavy atom. The summed E-state index contributed by atoms with van der Waals surface area (Å²) in [7, 11) is 0. The van der Waals surface area contributed by atoms with Crippen LogP contribution in [-0.2, 0) is 11.3 Å². The van der Waals surface area contributed by atoms with Crippen LogP contribution in [0.15, 0.2) is 84.8 Å². The van der Waals surface area contributed by atoms with Gasteiger partial charge in [0, 0.05) is 36.1 Å². The Morgan fingerprint density at radius 1 is 1.06 bits per heavy atom. The first-order valence-corrected chi connectivity index (χ1v) is 11.8. The first-order valence-electron chi connectivity index (χ1n) is 10.9. The van der Waals surface area contributed by atoms with Crippen molar-refractivity contribution in [1.29, 1.82) is 0 Å². The summed E-state index contributed by atoms with van der Waals surface area (Å²) >= 11 is 1.59. The van der Waals surface area contributed by atoms with Crippen molar-refractivity contribution >= 4 is 39.1 Å². The Hall–Kier alpha value is -3.97. The Labute approximate surface area is 202 Å². The van der Waals surface area contributed by atoms with Gasteiger partial charge in [-0.1, -0.05) is 54.6 Å². The number of nitrogens with zero attached hydrogens (tertiary/aromatic N) is 2. The highest BCUT2D eigenvalue weighted by Gasteiger charge is 2.13. The number of carboxylic acids is 1. The molecule has 1 amide bonds. The fourth-order valence-corrected chi connectivity index (χ4v) is 4.47. The van der Waals surface area contributed by atoms with E-state index in [1.807, 2.05) is 30.3 Å². The Bertz CT molecular complexity index is 1310. The summed E-state index contributed by atoms with van der Waals surface area (Å²) in [6, 6.07) is 22.0. The topological polar surface area (TPSA) is 82.5 Å². The molecule has 0 aliphatic rings. The number of aromatic nitrogens is 1. The molecule has 0 radical (unpaired) electrons. The van der Waals surface area contributed by atoms with E-state index in [1.54, 1.807) is 23.5 Å². The minimum Gasteiger partial charge on any atom is -0.481 e. The number of nitrogens with one attached hydrogen (secondary N) is 1. The smallest absolute Gasteiger partial charge is 0.305 e. The summed E-state index contributed by atoms with van der Waals surface area (Å²) in [5.41, 5.74) is 3.55. The molecule has 1 aromatic heterocycles. The summed E-state index contributed by atoms with van der Waals surface area (Å²) in [6.45, 7) is 5.25. The molecule has 172 valence electrons. The highest BCUT2D eigenvalue weighted by atomic mass is 32.1. The summed E-state index contributed by atoms with van der Waals surface area (Å²) in [6.07, 6.45) is 1.75. The normalized spacial score (nSPS) is 10.7. The maximum atomic E-state index is 12.2. The van der Waals surface area contributed by atoms with Crippen molar-refractivity contribution in [2.24, 2.45) is 0 Å². The van der Waals surface area contributed by atoms with Crippen LogP contribution in [0.4, 0.5) is 5.13 Å². The lowest BCUT2D eigenvalue weighted by Gasteiger charge is -2.20. The molecule has 0 aliphatic heterocycles. The minimum atomic E-state index is -0.941. The zero-order valence-electron chi connectivity index (χ0n) is 18.6. The van der Waals surface area contributed by atoms with Crippen molar-refractivity contribution in [2.45, 2.75) is 13.0 Å². The number of rotatable bonds is 10. The number of amides is 1. The van der Waals surface area contributed by atoms with Crippen LogP contribution in [0.1, 0.15) is 22.3 Å². The van der Waals surface area contributed by atoms with E-state index in [-0.39, 0.29) is 18.9 Å². The number of thiazole rings is 1. The highest BCUT2D eigenvalue weighted by Crippen LogP contribution is 2.30. The number of aliphatic carboxylic acids is 1. The largest absolute Gasteiger partial charge is 0.481 e.